The molecule has 0 bridgehead atoms. The highest BCUT2D eigenvalue weighted by molar-refractivity contribution is 9.10. The molecule has 16 heavy (non-hydrogen) atoms. The second-order valence-electron chi connectivity index (χ2n) is 4.87. The number of halogens is 1. The summed E-state index contributed by atoms with van der Waals surface area (Å²) in [7, 11) is -0.976. The van der Waals surface area contributed by atoms with Crippen molar-refractivity contribution in [3.8, 4) is 0 Å². The van der Waals surface area contributed by atoms with E-state index in [1.54, 1.807) is 11.8 Å². The lowest BCUT2D eigenvalue weighted by Gasteiger charge is -2.15. The molecule has 1 aromatic rings. The third kappa shape index (κ3) is 5.03. The van der Waals surface area contributed by atoms with Gasteiger partial charge in [-0.15, -0.1) is 0 Å². The van der Waals surface area contributed by atoms with E-state index >= 15 is 0 Å². The Bertz CT molecular complexity index is 338. The Morgan fingerprint density at radius 1 is 1.50 bits per heavy atom. The van der Waals surface area contributed by atoms with Gasteiger partial charge >= 0.3 is 0 Å². The fraction of sp³-hybridized carbons (Fsp3) is 0.700. The molecule has 1 rings (SSSR count). The molecular weight excluding hydrogens is 304 g/mol. The molecule has 0 fully saturated rings. The van der Waals surface area contributed by atoms with Crippen LogP contribution in [0.25, 0.3) is 0 Å². The van der Waals surface area contributed by atoms with Gasteiger partial charge in [-0.05, 0) is 28.2 Å². The molecule has 0 amide bonds. The maximum atomic E-state index is 5.68. The van der Waals surface area contributed by atoms with Crippen LogP contribution in [0.5, 0.6) is 0 Å². The molecule has 92 valence electrons. The van der Waals surface area contributed by atoms with Gasteiger partial charge in [-0.3, -0.25) is 0 Å². The fourth-order valence-corrected chi connectivity index (χ4v) is 2.98. The predicted octanol–water partition coefficient (Wildman–Crippen LogP) is 3.68. The van der Waals surface area contributed by atoms with Gasteiger partial charge in [0.05, 0.1) is 0 Å². The van der Waals surface area contributed by atoms with Gasteiger partial charge in [-0.1, -0.05) is 31.4 Å². The molecule has 0 aliphatic rings. The molecule has 6 heteroatoms. The highest BCUT2D eigenvalue weighted by atomic mass is 79.9. The molecule has 0 atom stereocenters. The van der Waals surface area contributed by atoms with Crippen LogP contribution in [0.4, 0.5) is 0 Å². The lowest BCUT2D eigenvalue weighted by Crippen LogP contribution is -2.22. The van der Waals surface area contributed by atoms with Crippen molar-refractivity contribution in [1.29, 1.82) is 0 Å². The maximum Gasteiger partial charge on any atom is 0.170 e. The molecular formula is C10H19BrN2OSSi. The number of imidazole rings is 1. The molecule has 0 radical (unpaired) electrons. The number of rotatable bonds is 6. The number of hydrogen-bond acceptors (Lipinski definition) is 3. The maximum absolute atomic E-state index is 5.68. The molecule has 0 unspecified atom stereocenters. The lowest BCUT2D eigenvalue weighted by molar-refractivity contribution is 0.0814. The normalized spacial score (nSPS) is 12.1. The summed E-state index contributed by atoms with van der Waals surface area (Å²) in [5.41, 5.74) is 0. The molecule has 0 saturated heterocycles. The van der Waals surface area contributed by atoms with Gasteiger partial charge in [0.15, 0.2) is 5.16 Å². The summed E-state index contributed by atoms with van der Waals surface area (Å²) in [5.74, 6) is 0. The van der Waals surface area contributed by atoms with Crippen molar-refractivity contribution >= 4 is 35.8 Å². The summed E-state index contributed by atoms with van der Waals surface area (Å²) in [6, 6.07) is 1.21. The van der Waals surface area contributed by atoms with Crippen LogP contribution in [0.15, 0.2) is 16.0 Å². The number of aromatic nitrogens is 2. The van der Waals surface area contributed by atoms with Gasteiger partial charge in [0.2, 0.25) is 0 Å². The highest BCUT2D eigenvalue weighted by Crippen LogP contribution is 2.18. The van der Waals surface area contributed by atoms with Crippen LogP contribution in [0.2, 0.25) is 25.7 Å². The Hall–Kier alpha value is 0.217. The largest absolute Gasteiger partial charge is 0.361 e. The van der Waals surface area contributed by atoms with E-state index < -0.39 is 8.07 Å². The van der Waals surface area contributed by atoms with E-state index in [0.29, 0.717) is 6.73 Å². The summed E-state index contributed by atoms with van der Waals surface area (Å²) in [4.78, 5) is 4.33. The van der Waals surface area contributed by atoms with E-state index in [9.17, 15) is 0 Å². The van der Waals surface area contributed by atoms with E-state index in [2.05, 4.69) is 40.6 Å². The first kappa shape index (κ1) is 14.3. The number of ether oxygens (including phenoxy) is 1. The standard InChI is InChI=1S/C10H19BrN2OSSi/c1-15-10-12-9(11)7-13(10)8-14-5-6-16(2,3)4/h7H,5-6,8H2,1-4H3. The predicted molar refractivity (Wildman–Crippen MR) is 75.8 cm³/mol. The van der Waals surface area contributed by atoms with E-state index in [1.807, 2.05) is 17.0 Å². The zero-order valence-electron chi connectivity index (χ0n) is 10.3. The van der Waals surface area contributed by atoms with Crippen molar-refractivity contribution in [2.45, 2.75) is 37.6 Å². The van der Waals surface area contributed by atoms with Crippen molar-refractivity contribution in [1.82, 2.24) is 9.55 Å². The first-order valence-corrected chi connectivity index (χ1v) is 11.0. The molecule has 0 aliphatic heterocycles. The van der Waals surface area contributed by atoms with Crippen LogP contribution in [0, 0.1) is 0 Å². The van der Waals surface area contributed by atoms with Crippen molar-refractivity contribution in [3.05, 3.63) is 10.8 Å². The summed E-state index contributed by atoms with van der Waals surface area (Å²) in [6.07, 6.45) is 3.98. The quantitative estimate of drug-likeness (QED) is 0.454. The molecule has 1 heterocycles. The van der Waals surface area contributed by atoms with Gasteiger partial charge in [0, 0.05) is 20.9 Å². The average molecular weight is 323 g/mol. The van der Waals surface area contributed by atoms with E-state index in [1.165, 1.54) is 6.04 Å². The van der Waals surface area contributed by atoms with Crippen molar-refractivity contribution in [2.24, 2.45) is 0 Å². The first-order chi connectivity index (χ1) is 7.42. The van der Waals surface area contributed by atoms with E-state index in [-0.39, 0.29) is 0 Å². The number of thioether (sulfide) groups is 1. The summed E-state index contributed by atoms with van der Waals surface area (Å²) in [6.45, 7) is 8.52. The minimum atomic E-state index is -0.976. The molecule has 1 aromatic heterocycles. The Morgan fingerprint density at radius 2 is 2.19 bits per heavy atom. The van der Waals surface area contributed by atoms with Crippen molar-refractivity contribution < 1.29 is 4.74 Å². The minimum absolute atomic E-state index is 0.596. The van der Waals surface area contributed by atoms with E-state index in [4.69, 9.17) is 4.74 Å². The van der Waals surface area contributed by atoms with Crippen LogP contribution in [-0.4, -0.2) is 30.5 Å². The summed E-state index contributed by atoms with van der Waals surface area (Å²) < 4.78 is 8.57. The molecule has 0 spiro atoms. The highest BCUT2D eigenvalue weighted by Gasteiger charge is 2.12. The van der Waals surface area contributed by atoms with Gasteiger partial charge < -0.3 is 9.30 Å². The first-order valence-electron chi connectivity index (χ1n) is 5.27. The summed E-state index contributed by atoms with van der Waals surface area (Å²) in [5, 5.41) is 0.986. The molecule has 0 aromatic carbocycles. The third-order valence-electron chi connectivity index (χ3n) is 2.12. The van der Waals surface area contributed by atoms with Gasteiger partial charge in [0.1, 0.15) is 11.3 Å². The topological polar surface area (TPSA) is 27.1 Å². The monoisotopic (exact) mass is 322 g/mol. The fourth-order valence-electron chi connectivity index (χ4n) is 1.16. The van der Waals surface area contributed by atoms with Gasteiger partial charge in [-0.25, -0.2) is 4.98 Å². The molecule has 3 nitrogen and oxygen atoms in total. The number of hydrogen-bond donors (Lipinski definition) is 0. The second kappa shape index (κ2) is 6.23. The SMILES string of the molecule is CSc1nc(Br)cn1COCC[Si](C)(C)C. The van der Waals surface area contributed by atoms with Crippen LogP contribution >= 0.6 is 27.7 Å². The zero-order valence-corrected chi connectivity index (χ0v) is 13.7. The Balaban J connectivity index is 2.37. The lowest BCUT2D eigenvalue weighted by atomic mass is 10.8. The number of nitrogens with zero attached hydrogens (tertiary/aromatic N) is 2. The third-order valence-corrected chi connectivity index (χ3v) is 4.90. The minimum Gasteiger partial charge on any atom is -0.361 e. The van der Waals surface area contributed by atoms with Crippen molar-refractivity contribution in [3.63, 3.8) is 0 Å². The second-order valence-corrected chi connectivity index (χ2v) is 12.1. The Morgan fingerprint density at radius 3 is 2.75 bits per heavy atom. The Kier molecular flexibility index (Phi) is 5.56. The van der Waals surface area contributed by atoms with E-state index in [0.717, 1.165) is 16.4 Å². The molecule has 0 aliphatic carbocycles. The van der Waals surface area contributed by atoms with Gasteiger partial charge in [0.25, 0.3) is 0 Å². The van der Waals surface area contributed by atoms with Crippen LogP contribution in [0.3, 0.4) is 0 Å². The smallest absolute Gasteiger partial charge is 0.170 e. The Labute approximate surface area is 111 Å². The zero-order chi connectivity index (χ0) is 12.2. The van der Waals surface area contributed by atoms with Crippen LogP contribution in [0.1, 0.15) is 0 Å². The summed E-state index contributed by atoms with van der Waals surface area (Å²) >= 11 is 5.00. The van der Waals surface area contributed by atoms with Crippen molar-refractivity contribution in [2.75, 3.05) is 12.9 Å². The van der Waals surface area contributed by atoms with Gasteiger partial charge in [-0.2, -0.15) is 0 Å². The molecule has 0 N–H and O–H groups in total. The molecule has 0 saturated carbocycles. The average Bonchev–Trinajstić information content (AvgIpc) is 2.52. The van der Waals surface area contributed by atoms with Crippen LogP contribution < -0.4 is 0 Å². The van der Waals surface area contributed by atoms with Crippen LogP contribution in [-0.2, 0) is 11.5 Å².